The summed E-state index contributed by atoms with van der Waals surface area (Å²) in [6.45, 7) is 12.7. The van der Waals surface area contributed by atoms with Gasteiger partial charge in [-0.1, -0.05) is 13.8 Å². The van der Waals surface area contributed by atoms with E-state index in [9.17, 15) is 0 Å². The summed E-state index contributed by atoms with van der Waals surface area (Å²) in [5.74, 6) is 1.74. The van der Waals surface area contributed by atoms with Gasteiger partial charge < -0.3 is 14.6 Å². The molecule has 0 radical (unpaired) electrons. The molecule has 120 valence electrons. The van der Waals surface area contributed by atoms with E-state index in [1.807, 2.05) is 6.07 Å². The van der Waals surface area contributed by atoms with Crippen LogP contribution in [0.3, 0.4) is 0 Å². The van der Waals surface area contributed by atoms with E-state index < -0.39 is 0 Å². The molecule has 4 nitrogen and oxygen atoms in total. The molecule has 0 saturated carbocycles. The van der Waals surface area contributed by atoms with Gasteiger partial charge in [-0.25, -0.2) is 0 Å². The zero-order chi connectivity index (χ0) is 15.2. The Bertz CT molecular complexity index is 383. The van der Waals surface area contributed by atoms with Crippen molar-refractivity contribution in [3.05, 3.63) is 24.2 Å². The highest BCUT2D eigenvalue weighted by molar-refractivity contribution is 5.00. The van der Waals surface area contributed by atoms with Gasteiger partial charge in [0.2, 0.25) is 0 Å². The first-order valence-electron chi connectivity index (χ1n) is 8.24. The molecule has 1 aromatic rings. The number of nitrogens with zero attached hydrogens (tertiary/aromatic N) is 2. The van der Waals surface area contributed by atoms with Crippen LogP contribution in [-0.2, 0) is 6.42 Å². The van der Waals surface area contributed by atoms with Crippen LogP contribution in [0, 0.1) is 5.92 Å². The highest BCUT2D eigenvalue weighted by Gasteiger charge is 2.25. The van der Waals surface area contributed by atoms with Gasteiger partial charge in [-0.05, 0) is 32.0 Å². The Morgan fingerprint density at radius 1 is 1.19 bits per heavy atom. The van der Waals surface area contributed by atoms with Crippen LogP contribution in [-0.4, -0.2) is 61.7 Å². The van der Waals surface area contributed by atoms with Gasteiger partial charge in [-0.2, -0.15) is 0 Å². The molecule has 0 aromatic carbocycles. The van der Waals surface area contributed by atoms with Crippen LogP contribution in [0.5, 0.6) is 0 Å². The number of nitrogens with one attached hydrogen (secondary N) is 1. The third-order valence-electron chi connectivity index (χ3n) is 4.54. The molecule has 1 aliphatic heterocycles. The zero-order valence-corrected chi connectivity index (χ0v) is 14.0. The van der Waals surface area contributed by atoms with Crippen LogP contribution in [0.4, 0.5) is 0 Å². The number of hydrogen-bond donors (Lipinski definition) is 1. The predicted octanol–water partition coefficient (Wildman–Crippen LogP) is 2.07. The van der Waals surface area contributed by atoms with Crippen LogP contribution in [0.2, 0.25) is 0 Å². The molecule has 2 atom stereocenters. The van der Waals surface area contributed by atoms with Crippen molar-refractivity contribution in [1.29, 1.82) is 0 Å². The second-order valence-corrected chi connectivity index (χ2v) is 6.74. The Morgan fingerprint density at radius 3 is 2.48 bits per heavy atom. The molecular formula is C17H31N3O. The standard InChI is InChI=1S/C17H31N3O/c1-14(2)17(20-9-7-19(4)8-10-20)13-18-15(3)12-16-6-5-11-21-16/h5-6,11,14-15,17-18H,7-10,12-13H2,1-4H3. The average Bonchev–Trinajstić information content (AvgIpc) is 2.93. The van der Waals surface area contributed by atoms with Crippen molar-refractivity contribution in [1.82, 2.24) is 15.1 Å². The molecule has 2 rings (SSSR count). The molecule has 1 N–H and O–H groups in total. The molecule has 0 spiro atoms. The molecule has 1 fully saturated rings. The quantitative estimate of drug-likeness (QED) is 0.834. The number of hydrogen-bond acceptors (Lipinski definition) is 4. The lowest BCUT2D eigenvalue weighted by molar-refractivity contribution is 0.0862. The van der Waals surface area contributed by atoms with E-state index in [1.165, 1.54) is 26.2 Å². The SMILES string of the molecule is CC(Cc1ccco1)NCC(C(C)C)N1CCN(C)CC1. The summed E-state index contributed by atoms with van der Waals surface area (Å²) in [4.78, 5) is 5.07. The average molecular weight is 293 g/mol. The molecule has 2 unspecified atom stereocenters. The molecule has 21 heavy (non-hydrogen) atoms. The normalized spacial score (nSPS) is 20.8. The van der Waals surface area contributed by atoms with E-state index in [0.29, 0.717) is 18.0 Å². The van der Waals surface area contributed by atoms with E-state index in [2.05, 4.69) is 49.0 Å². The summed E-state index contributed by atoms with van der Waals surface area (Å²) in [5, 5.41) is 3.70. The smallest absolute Gasteiger partial charge is 0.105 e. The second kappa shape index (κ2) is 7.97. The number of likely N-dealkylation sites (N-methyl/N-ethyl adjacent to an activating group) is 1. The van der Waals surface area contributed by atoms with Gasteiger partial charge >= 0.3 is 0 Å². The molecule has 1 saturated heterocycles. The minimum atomic E-state index is 0.449. The van der Waals surface area contributed by atoms with Gasteiger partial charge in [0, 0.05) is 51.2 Å². The lowest BCUT2D eigenvalue weighted by atomic mass is 10.0. The molecular weight excluding hydrogens is 262 g/mol. The fraction of sp³-hybridized carbons (Fsp3) is 0.765. The van der Waals surface area contributed by atoms with Gasteiger partial charge in [-0.15, -0.1) is 0 Å². The molecule has 4 heteroatoms. The van der Waals surface area contributed by atoms with Gasteiger partial charge in [-0.3, -0.25) is 4.90 Å². The first-order chi connectivity index (χ1) is 10.1. The van der Waals surface area contributed by atoms with Gasteiger partial charge in [0.05, 0.1) is 6.26 Å². The highest BCUT2D eigenvalue weighted by atomic mass is 16.3. The zero-order valence-electron chi connectivity index (χ0n) is 14.0. The van der Waals surface area contributed by atoms with E-state index in [-0.39, 0.29) is 0 Å². The number of piperazine rings is 1. The van der Waals surface area contributed by atoms with Gasteiger partial charge in [0.25, 0.3) is 0 Å². The van der Waals surface area contributed by atoms with Crippen molar-refractivity contribution < 1.29 is 4.42 Å². The summed E-state index contributed by atoms with van der Waals surface area (Å²) in [5.41, 5.74) is 0. The Hall–Kier alpha value is -0.840. The van der Waals surface area contributed by atoms with E-state index in [0.717, 1.165) is 18.7 Å². The fourth-order valence-electron chi connectivity index (χ4n) is 3.06. The minimum Gasteiger partial charge on any atom is -0.469 e. The number of rotatable bonds is 7. The predicted molar refractivity (Wildman–Crippen MR) is 87.6 cm³/mol. The minimum absolute atomic E-state index is 0.449. The van der Waals surface area contributed by atoms with Crippen molar-refractivity contribution in [3.63, 3.8) is 0 Å². The summed E-state index contributed by atoms with van der Waals surface area (Å²) < 4.78 is 5.43. The summed E-state index contributed by atoms with van der Waals surface area (Å²) in [6, 6.07) is 5.09. The summed E-state index contributed by atoms with van der Waals surface area (Å²) >= 11 is 0. The first kappa shape index (κ1) is 16.5. The van der Waals surface area contributed by atoms with Crippen molar-refractivity contribution in [3.8, 4) is 0 Å². The lowest BCUT2D eigenvalue weighted by Gasteiger charge is -2.40. The fourth-order valence-corrected chi connectivity index (χ4v) is 3.06. The Kier molecular flexibility index (Phi) is 6.27. The monoisotopic (exact) mass is 293 g/mol. The molecule has 1 aromatic heterocycles. The number of furan rings is 1. The van der Waals surface area contributed by atoms with E-state index in [4.69, 9.17) is 4.42 Å². The second-order valence-electron chi connectivity index (χ2n) is 6.74. The van der Waals surface area contributed by atoms with Crippen molar-refractivity contribution in [2.24, 2.45) is 5.92 Å². The first-order valence-corrected chi connectivity index (χ1v) is 8.24. The molecule has 0 amide bonds. The van der Waals surface area contributed by atoms with Crippen molar-refractivity contribution >= 4 is 0 Å². The summed E-state index contributed by atoms with van der Waals surface area (Å²) in [7, 11) is 2.21. The highest BCUT2D eigenvalue weighted by Crippen LogP contribution is 2.13. The van der Waals surface area contributed by atoms with Gasteiger partial charge in [0.15, 0.2) is 0 Å². The van der Waals surface area contributed by atoms with Crippen LogP contribution in [0.25, 0.3) is 0 Å². The molecule has 2 heterocycles. The van der Waals surface area contributed by atoms with E-state index >= 15 is 0 Å². The van der Waals surface area contributed by atoms with Crippen molar-refractivity contribution in [2.75, 3.05) is 39.8 Å². The maximum atomic E-state index is 5.43. The largest absolute Gasteiger partial charge is 0.469 e. The Labute approximate surface area is 129 Å². The van der Waals surface area contributed by atoms with Crippen LogP contribution >= 0.6 is 0 Å². The maximum Gasteiger partial charge on any atom is 0.105 e. The molecule has 1 aliphatic rings. The molecule has 0 aliphatic carbocycles. The Morgan fingerprint density at radius 2 is 1.90 bits per heavy atom. The van der Waals surface area contributed by atoms with Gasteiger partial charge in [0.1, 0.15) is 5.76 Å². The van der Waals surface area contributed by atoms with Crippen LogP contribution in [0.15, 0.2) is 22.8 Å². The third kappa shape index (κ3) is 5.13. The summed E-state index contributed by atoms with van der Waals surface area (Å²) in [6.07, 6.45) is 2.71. The maximum absolute atomic E-state index is 5.43. The Balaban J connectivity index is 1.79. The van der Waals surface area contributed by atoms with Crippen LogP contribution in [0.1, 0.15) is 26.5 Å². The van der Waals surface area contributed by atoms with Crippen molar-refractivity contribution in [2.45, 2.75) is 39.3 Å². The van der Waals surface area contributed by atoms with Crippen LogP contribution < -0.4 is 5.32 Å². The van der Waals surface area contributed by atoms with E-state index in [1.54, 1.807) is 6.26 Å². The third-order valence-corrected chi connectivity index (χ3v) is 4.54. The lowest BCUT2D eigenvalue weighted by Crippen LogP contribution is -2.54. The molecule has 0 bridgehead atoms. The topological polar surface area (TPSA) is 31.7 Å².